The van der Waals surface area contributed by atoms with Gasteiger partial charge in [-0.15, -0.1) is 0 Å². The van der Waals surface area contributed by atoms with Gasteiger partial charge in [0.25, 0.3) is 0 Å². The van der Waals surface area contributed by atoms with E-state index in [2.05, 4.69) is 17.4 Å². The van der Waals surface area contributed by atoms with E-state index in [1.807, 2.05) is 23.1 Å². The van der Waals surface area contributed by atoms with Gasteiger partial charge in [-0.1, -0.05) is 30.3 Å². The molecular formula is C21H31N3O. The molecular weight excluding hydrogens is 310 g/mol. The summed E-state index contributed by atoms with van der Waals surface area (Å²) in [5.41, 5.74) is 6.95. The van der Waals surface area contributed by atoms with Crippen molar-refractivity contribution in [1.82, 2.24) is 10.2 Å². The summed E-state index contributed by atoms with van der Waals surface area (Å²) in [6.45, 7) is 2.01. The van der Waals surface area contributed by atoms with E-state index in [0.29, 0.717) is 13.1 Å². The molecule has 1 aromatic carbocycles. The minimum Gasteiger partial charge on any atom is -0.333 e. The van der Waals surface area contributed by atoms with Crippen molar-refractivity contribution in [2.24, 2.45) is 23.5 Å². The van der Waals surface area contributed by atoms with Gasteiger partial charge in [0, 0.05) is 18.6 Å². The van der Waals surface area contributed by atoms with Crippen LogP contribution in [0.25, 0.3) is 0 Å². The molecule has 5 rings (SSSR count). The average Bonchev–Trinajstić information content (AvgIpc) is 2.57. The maximum atomic E-state index is 13.1. The summed E-state index contributed by atoms with van der Waals surface area (Å²) < 4.78 is 0. The van der Waals surface area contributed by atoms with Gasteiger partial charge >= 0.3 is 6.03 Å². The highest BCUT2D eigenvalue weighted by Crippen LogP contribution is 2.55. The molecule has 0 spiro atoms. The number of hydrogen-bond acceptors (Lipinski definition) is 2. The van der Waals surface area contributed by atoms with Crippen molar-refractivity contribution in [3.8, 4) is 0 Å². The first-order valence-electron chi connectivity index (χ1n) is 9.97. The minimum absolute atomic E-state index is 0.0729. The van der Waals surface area contributed by atoms with E-state index in [1.54, 1.807) is 0 Å². The minimum atomic E-state index is 0.0729. The van der Waals surface area contributed by atoms with E-state index < -0.39 is 0 Å². The Hall–Kier alpha value is -1.55. The van der Waals surface area contributed by atoms with Gasteiger partial charge in [-0.3, -0.25) is 0 Å². The van der Waals surface area contributed by atoms with Gasteiger partial charge in [0.1, 0.15) is 0 Å². The Balaban J connectivity index is 1.45. The molecule has 3 N–H and O–H groups in total. The number of carbonyl (C=O) groups is 1. The highest BCUT2D eigenvalue weighted by atomic mass is 16.2. The van der Waals surface area contributed by atoms with Gasteiger partial charge in [-0.2, -0.15) is 0 Å². The van der Waals surface area contributed by atoms with Crippen LogP contribution < -0.4 is 11.1 Å². The molecule has 1 aromatic rings. The van der Waals surface area contributed by atoms with E-state index in [4.69, 9.17) is 5.73 Å². The first kappa shape index (κ1) is 16.9. The van der Waals surface area contributed by atoms with Gasteiger partial charge < -0.3 is 16.0 Å². The quantitative estimate of drug-likeness (QED) is 0.832. The summed E-state index contributed by atoms with van der Waals surface area (Å²) in [5.74, 6) is 2.54. The van der Waals surface area contributed by atoms with Crippen molar-refractivity contribution in [1.29, 1.82) is 0 Å². The van der Waals surface area contributed by atoms with Crippen LogP contribution in [0.4, 0.5) is 4.79 Å². The van der Waals surface area contributed by atoms with Crippen LogP contribution in [0.2, 0.25) is 0 Å². The Labute approximate surface area is 151 Å². The van der Waals surface area contributed by atoms with E-state index in [0.717, 1.165) is 30.7 Å². The second-order valence-electron chi connectivity index (χ2n) is 8.68. The smallest absolute Gasteiger partial charge is 0.318 e. The van der Waals surface area contributed by atoms with Gasteiger partial charge in [0.05, 0.1) is 0 Å². The molecule has 4 saturated carbocycles. The van der Waals surface area contributed by atoms with Crippen molar-refractivity contribution in [3.63, 3.8) is 0 Å². The molecule has 4 nitrogen and oxygen atoms in total. The van der Waals surface area contributed by atoms with Crippen LogP contribution in [0.1, 0.15) is 50.5 Å². The molecule has 0 radical (unpaired) electrons. The summed E-state index contributed by atoms with van der Waals surface area (Å²) >= 11 is 0. The standard InChI is InChI=1S/C21H31N3O/c22-7-4-8-24(15-16-5-2-1-3-6-16)20(25)23-21-12-17-9-18(13-21)11-19(10-17)14-21/h1-3,5-6,17-19H,4,7-15,22H2,(H,23,25). The molecule has 136 valence electrons. The van der Waals surface area contributed by atoms with E-state index in [9.17, 15) is 4.79 Å². The second-order valence-corrected chi connectivity index (χ2v) is 8.68. The van der Waals surface area contributed by atoms with Crippen molar-refractivity contribution < 1.29 is 4.79 Å². The average molecular weight is 341 g/mol. The maximum absolute atomic E-state index is 13.1. The fourth-order valence-electron chi connectivity index (χ4n) is 5.91. The number of benzene rings is 1. The normalized spacial score (nSPS) is 32.6. The van der Waals surface area contributed by atoms with Crippen LogP contribution in [0.15, 0.2) is 30.3 Å². The van der Waals surface area contributed by atoms with Gasteiger partial charge in [0.2, 0.25) is 0 Å². The summed E-state index contributed by atoms with van der Waals surface area (Å²) in [4.78, 5) is 15.1. The van der Waals surface area contributed by atoms with Gasteiger partial charge in [-0.25, -0.2) is 4.79 Å². The third-order valence-corrected chi connectivity index (χ3v) is 6.55. The molecule has 25 heavy (non-hydrogen) atoms. The molecule has 4 fully saturated rings. The fraction of sp³-hybridized carbons (Fsp3) is 0.667. The van der Waals surface area contributed by atoms with E-state index in [-0.39, 0.29) is 11.6 Å². The molecule has 0 heterocycles. The number of urea groups is 1. The lowest BCUT2D eigenvalue weighted by Gasteiger charge is -2.57. The molecule has 0 aliphatic heterocycles. The molecule has 4 aliphatic rings. The molecule has 0 aromatic heterocycles. The van der Waals surface area contributed by atoms with Crippen LogP contribution in [0.5, 0.6) is 0 Å². The van der Waals surface area contributed by atoms with Crippen molar-refractivity contribution >= 4 is 6.03 Å². The third kappa shape index (κ3) is 3.69. The van der Waals surface area contributed by atoms with Crippen LogP contribution in [0.3, 0.4) is 0 Å². The summed E-state index contributed by atoms with van der Waals surface area (Å²) in [5, 5.41) is 3.50. The topological polar surface area (TPSA) is 58.4 Å². The Morgan fingerprint density at radius 3 is 2.24 bits per heavy atom. The third-order valence-electron chi connectivity index (χ3n) is 6.55. The highest BCUT2D eigenvalue weighted by Gasteiger charge is 2.51. The molecule has 4 heteroatoms. The van der Waals surface area contributed by atoms with Gasteiger partial charge in [0.15, 0.2) is 0 Å². The predicted octanol–water partition coefficient (Wildman–Crippen LogP) is 3.52. The number of nitrogens with two attached hydrogens (primary N) is 1. The number of amides is 2. The molecule has 0 saturated heterocycles. The number of carbonyl (C=O) groups excluding carboxylic acids is 1. The maximum Gasteiger partial charge on any atom is 0.318 e. The van der Waals surface area contributed by atoms with Crippen molar-refractivity contribution in [2.45, 2.75) is 57.0 Å². The lowest BCUT2D eigenvalue weighted by molar-refractivity contribution is -0.0158. The molecule has 4 aliphatic carbocycles. The van der Waals surface area contributed by atoms with Crippen LogP contribution in [-0.2, 0) is 6.54 Å². The fourth-order valence-corrected chi connectivity index (χ4v) is 5.91. The second kappa shape index (κ2) is 6.99. The first-order chi connectivity index (χ1) is 12.2. The summed E-state index contributed by atoms with van der Waals surface area (Å²) in [6.07, 6.45) is 8.63. The van der Waals surface area contributed by atoms with E-state index >= 15 is 0 Å². The molecule has 0 unspecified atom stereocenters. The van der Waals surface area contributed by atoms with Crippen LogP contribution in [-0.4, -0.2) is 29.6 Å². The number of nitrogens with one attached hydrogen (secondary N) is 1. The van der Waals surface area contributed by atoms with Crippen LogP contribution in [0, 0.1) is 17.8 Å². The largest absolute Gasteiger partial charge is 0.333 e. The monoisotopic (exact) mass is 341 g/mol. The Morgan fingerprint density at radius 2 is 1.68 bits per heavy atom. The Kier molecular flexibility index (Phi) is 4.72. The Bertz CT molecular complexity index is 565. The molecule has 2 amide bonds. The first-order valence-corrected chi connectivity index (χ1v) is 9.97. The number of nitrogens with zero attached hydrogens (tertiary/aromatic N) is 1. The number of rotatable bonds is 6. The lowest BCUT2D eigenvalue weighted by Crippen LogP contribution is -2.61. The van der Waals surface area contributed by atoms with E-state index in [1.165, 1.54) is 44.1 Å². The van der Waals surface area contributed by atoms with Crippen molar-refractivity contribution in [2.75, 3.05) is 13.1 Å². The zero-order valence-corrected chi connectivity index (χ0v) is 15.1. The van der Waals surface area contributed by atoms with Crippen LogP contribution >= 0.6 is 0 Å². The van der Waals surface area contributed by atoms with Gasteiger partial charge in [-0.05, 0) is 74.8 Å². The molecule has 4 bridgehead atoms. The Morgan fingerprint density at radius 1 is 1.08 bits per heavy atom. The highest BCUT2D eigenvalue weighted by molar-refractivity contribution is 5.75. The summed E-state index contributed by atoms with van der Waals surface area (Å²) in [7, 11) is 0. The molecule has 0 atom stereocenters. The van der Waals surface area contributed by atoms with Crippen molar-refractivity contribution in [3.05, 3.63) is 35.9 Å². The SMILES string of the molecule is NCCCN(Cc1ccccc1)C(=O)NC12CC3CC(CC(C3)C1)C2. The summed E-state index contributed by atoms with van der Waals surface area (Å²) in [6, 6.07) is 10.4. The zero-order valence-electron chi connectivity index (χ0n) is 15.1. The zero-order chi connectivity index (χ0) is 17.3. The lowest BCUT2D eigenvalue weighted by atomic mass is 9.53. The number of hydrogen-bond donors (Lipinski definition) is 2. The predicted molar refractivity (Wildman–Crippen MR) is 100.0 cm³/mol.